The molecule has 0 saturated carbocycles. The first-order chi connectivity index (χ1) is 13.9. The highest BCUT2D eigenvalue weighted by Crippen LogP contribution is 2.28. The number of hydrazine groups is 2. The zero-order valence-electron chi connectivity index (χ0n) is 18.2. The number of thiocarbonyl (C=S) groups is 1. The molecule has 3 rings (SSSR count). The first-order valence-electron chi connectivity index (χ1n) is 10.3. The zero-order valence-corrected chi connectivity index (χ0v) is 19.0. The van der Waals surface area contributed by atoms with Gasteiger partial charge in [0.25, 0.3) is 0 Å². The molecule has 156 valence electrons. The summed E-state index contributed by atoms with van der Waals surface area (Å²) < 4.78 is 0. The monoisotopic (exact) mass is 411 g/mol. The minimum absolute atomic E-state index is 0.341. The van der Waals surface area contributed by atoms with Crippen molar-refractivity contribution in [1.29, 1.82) is 0 Å². The molecule has 0 bridgehead atoms. The summed E-state index contributed by atoms with van der Waals surface area (Å²) in [5.74, 6) is 0.341. The van der Waals surface area contributed by atoms with Crippen LogP contribution in [0.5, 0.6) is 0 Å². The van der Waals surface area contributed by atoms with E-state index in [1.807, 2.05) is 0 Å². The summed E-state index contributed by atoms with van der Waals surface area (Å²) in [6.07, 6.45) is 3.48. The standard InChI is InChI=1S/C23H33N5S/c1-6-7-8-18-17-27(21-13-9-19(10-14-21)25(2)3)24-28(23(18)29)22-15-11-20(12-16-22)26(4)5/h9-16,18,24H,6-8,17H2,1-5H3/t18-/m0/s1. The number of hydrogen-bond acceptors (Lipinski definition) is 5. The van der Waals surface area contributed by atoms with E-state index in [1.54, 1.807) is 0 Å². The van der Waals surface area contributed by atoms with E-state index in [0.717, 1.165) is 29.3 Å². The molecular weight excluding hydrogens is 378 g/mol. The van der Waals surface area contributed by atoms with E-state index in [4.69, 9.17) is 12.2 Å². The normalized spacial score (nSPS) is 16.9. The second-order valence-electron chi connectivity index (χ2n) is 8.05. The average Bonchev–Trinajstić information content (AvgIpc) is 2.73. The minimum Gasteiger partial charge on any atom is -0.378 e. The van der Waals surface area contributed by atoms with Crippen molar-refractivity contribution in [1.82, 2.24) is 5.53 Å². The van der Waals surface area contributed by atoms with Gasteiger partial charge < -0.3 is 9.80 Å². The zero-order chi connectivity index (χ0) is 21.0. The Hall–Kier alpha value is -2.31. The van der Waals surface area contributed by atoms with Gasteiger partial charge in [-0.15, -0.1) is 5.53 Å². The molecule has 0 unspecified atom stereocenters. The summed E-state index contributed by atoms with van der Waals surface area (Å²) in [5, 5.41) is 4.29. The molecule has 0 aromatic heterocycles. The lowest BCUT2D eigenvalue weighted by atomic mass is 10.00. The van der Waals surface area contributed by atoms with Crippen molar-refractivity contribution in [2.45, 2.75) is 26.2 Å². The second kappa shape index (κ2) is 9.46. The molecule has 6 heteroatoms. The first-order valence-corrected chi connectivity index (χ1v) is 10.7. The molecular formula is C23H33N5S. The number of hydrogen-bond donors (Lipinski definition) is 1. The minimum atomic E-state index is 0.341. The SMILES string of the molecule is CCCC[C@H]1CN(c2ccc(N(C)C)cc2)NN(c2ccc(N(C)C)cc2)C1=S. The van der Waals surface area contributed by atoms with Gasteiger partial charge in [-0.1, -0.05) is 32.0 Å². The van der Waals surface area contributed by atoms with Gasteiger partial charge in [-0.3, -0.25) is 10.0 Å². The molecule has 2 aromatic carbocycles. The summed E-state index contributed by atoms with van der Waals surface area (Å²) in [6.45, 7) is 3.12. The lowest BCUT2D eigenvalue weighted by molar-refractivity contribution is 0.489. The highest BCUT2D eigenvalue weighted by atomic mass is 32.1. The number of nitrogens with zero attached hydrogens (tertiary/aromatic N) is 4. The lowest BCUT2D eigenvalue weighted by Crippen LogP contribution is -2.61. The second-order valence-corrected chi connectivity index (χ2v) is 8.46. The van der Waals surface area contributed by atoms with Crippen LogP contribution >= 0.6 is 12.2 Å². The van der Waals surface area contributed by atoms with Crippen LogP contribution in [0.2, 0.25) is 0 Å². The fourth-order valence-electron chi connectivity index (χ4n) is 3.54. The predicted molar refractivity (Wildman–Crippen MR) is 130 cm³/mol. The molecule has 0 radical (unpaired) electrons. The molecule has 29 heavy (non-hydrogen) atoms. The molecule has 1 atom stereocenters. The largest absolute Gasteiger partial charge is 0.378 e. The third-order valence-electron chi connectivity index (χ3n) is 5.40. The molecule has 0 amide bonds. The van der Waals surface area contributed by atoms with Crippen molar-refractivity contribution < 1.29 is 0 Å². The van der Waals surface area contributed by atoms with Gasteiger partial charge in [-0.2, -0.15) is 0 Å². The van der Waals surface area contributed by atoms with Crippen molar-refractivity contribution >= 4 is 40.0 Å². The van der Waals surface area contributed by atoms with Gasteiger partial charge >= 0.3 is 0 Å². The number of rotatable bonds is 7. The molecule has 5 nitrogen and oxygen atoms in total. The Kier molecular flexibility index (Phi) is 6.98. The van der Waals surface area contributed by atoms with Crippen LogP contribution in [-0.4, -0.2) is 39.7 Å². The lowest BCUT2D eigenvalue weighted by Gasteiger charge is -2.43. The van der Waals surface area contributed by atoms with Crippen LogP contribution in [0.25, 0.3) is 0 Å². The summed E-state index contributed by atoms with van der Waals surface area (Å²) in [7, 11) is 8.23. The molecule has 1 aliphatic rings. The summed E-state index contributed by atoms with van der Waals surface area (Å²) >= 11 is 5.91. The van der Waals surface area contributed by atoms with Crippen LogP contribution in [0.3, 0.4) is 0 Å². The van der Waals surface area contributed by atoms with E-state index in [1.165, 1.54) is 24.2 Å². The van der Waals surface area contributed by atoms with Gasteiger partial charge in [0, 0.05) is 52.0 Å². The Bertz CT molecular complexity index is 801. The summed E-state index contributed by atoms with van der Waals surface area (Å²) in [6, 6.07) is 17.2. The van der Waals surface area contributed by atoms with Crippen LogP contribution < -0.4 is 25.4 Å². The van der Waals surface area contributed by atoms with Gasteiger partial charge in [0.1, 0.15) is 4.99 Å². The maximum absolute atomic E-state index is 5.91. The quantitative estimate of drug-likeness (QED) is 0.663. The maximum atomic E-state index is 5.91. The van der Waals surface area contributed by atoms with Crippen LogP contribution in [-0.2, 0) is 0 Å². The van der Waals surface area contributed by atoms with E-state index in [-0.39, 0.29) is 0 Å². The average molecular weight is 412 g/mol. The van der Waals surface area contributed by atoms with E-state index in [0.29, 0.717) is 5.92 Å². The number of unbranched alkanes of at least 4 members (excludes halogenated alkanes) is 1. The van der Waals surface area contributed by atoms with Crippen LogP contribution in [0, 0.1) is 5.92 Å². The van der Waals surface area contributed by atoms with Gasteiger partial charge in [-0.25, -0.2) is 0 Å². The number of anilines is 4. The van der Waals surface area contributed by atoms with Crippen molar-refractivity contribution in [2.24, 2.45) is 5.92 Å². The molecule has 1 aliphatic heterocycles. The van der Waals surface area contributed by atoms with E-state index in [9.17, 15) is 0 Å². The van der Waals surface area contributed by atoms with Crippen molar-refractivity contribution in [3.8, 4) is 0 Å². The Morgan fingerprint density at radius 3 is 1.90 bits per heavy atom. The van der Waals surface area contributed by atoms with E-state index >= 15 is 0 Å². The van der Waals surface area contributed by atoms with Gasteiger partial charge in [0.2, 0.25) is 0 Å². The molecule has 0 spiro atoms. The highest BCUT2D eigenvalue weighted by Gasteiger charge is 2.30. The van der Waals surface area contributed by atoms with Crippen molar-refractivity contribution in [3.63, 3.8) is 0 Å². The maximum Gasteiger partial charge on any atom is 0.104 e. The highest BCUT2D eigenvalue weighted by molar-refractivity contribution is 7.80. The third-order valence-corrected chi connectivity index (χ3v) is 5.92. The Balaban J connectivity index is 1.87. The number of benzene rings is 2. The molecule has 0 aliphatic carbocycles. The fourth-order valence-corrected chi connectivity index (χ4v) is 3.87. The summed E-state index contributed by atoms with van der Waals surface area (Å²) in [4.78, 5) is 5.19. The molecule has 1 heterocycles. The Labute approximate surface area is 180 Å². The van der Waals surface area contributed by atoms with Gasteiger partial charge in [0.05, 0.1) is 11.4 Å². The van der Waals surface area contributed by atoms with Crippen molar-refractivity contribution in [3.05, 3.63) is 48.5 Å². The van der Waals surface area contributed by atoms with Gasteiger partial charge in [-0.05, 0) is 55.0 Å². The van der Waals surface area contributed by atoms with Crippen LogP contribution in [0.1, 0.15) is 26.2 Å². The van der Waals surface area contributed by atoms with Crippen molar-refractivity contribution in [2.75, 3.05) is 54.6 Å². The Morgan fingerprint density at radius 2 is 1.41 bits per heavy atom. The fraction of sp³-hybridized carbons (Fsp3) is 0.435. The predicted octanol–water partition coefficient (Wildman–Crippen LogP) is 4.70. The summed E-state index contributed by atoms with van der Waals surface area (Å²) in [5.41, 5.74) is 8.12. The van der Waals surface area contributed by atoms with Crippen LogP contribution in [0.15, 0.2) is 48.5 Å². The molecule has 2 aromatic rings. The topological polar surface area (TPSA) is 25.0 Å². The third kappa shape index (κ3) is 5.00. The molecule has 1 N–H and O–H groups in total. The first kappa shape index (κ1) is 21.4. The van der Waals surface area contributed by atoms with Gasteiger partial charge in [0.15, 0.2) is 0 Å². The molecule has 1 saturated heterocycles. The molecule has 1 fully saturated rings. The van der Waals surface area contributed by atoms with Crippen LogP contribution in [0.4, 0.5) is 22.7 Å². The smallest absolute Gasteiger partial charge is 0.104 e. The number of nitrogens with one attached hydrogen (secondary N) is 1. The van der Waals surface area contributed by atoms with E-state index in [2.05, 4.69) is 109 Å². The van der Waals surface area contributed by atoms with E-state index < -0.39 is 0 Å². The Morgan fingerprint density at radius 1 is 0.897 bits per heavy atom.